The van der Waals surface area contributed by atoms with Gasteiger partial charge in [0.05, 0.1) is 11.4 Å². The van der Waals surface area contributed by atoms with E-state index < -0.39 is 0 Å². The van der Waals surface area contributed by atoms with Crippen LogP contribution in [-0.4, -0.2) is 15.0 Å². The van der Waals surface area contributed by atoms with Gasteiger partial charge in [-0.05, 0) is 19.8 Å². The first-order chi connectivity index (χ1) is 5.29. The van der Waals surface area contributed by atoms with Gasteiger partial charge in [-0.15, -0.1) is 5.10 Å². The third-order valence-corrected chi connectivity index (χ3v) is 1.80. The van der Waals surface area contributed by atoms with Crippen LogP contribution in [0, 0.1) is 6.92 Å². The Balaban J connectivity index is 2.86. The van der Waals surface area contributed by atoms with Crippen LogP contribution in [0.1, 0.15) is 31.7 Å². The summed E-state index contributed by atoms with van der Waals surface area (Å²) in [7, 11) is 0. The summed E-state index contributed by atoms with van der Waals surface area (Å²) >= 11 is 0. The first-order valence-corrected chi connectivity index (χ1v) is 4.18. The Labute approximate surface area is 67.4 Å². The fraction of sp³-hybridized carbons (Fsp3) is 0.750. The molecule has 0 amide bonds. The van der Waals surface area contributed by atoms with E-state index in [1.807, 2.05) is 11.6 Å². The third-order valence-electron chi connectivity index (χ3n) is 1.80. The van der Waals surface area contributed by atoms with Gasteiger partial charge in [0, 0.05) is 6.54 Å². The molecule has 0 aliphatic carbocycles. The van der Waals surface area contributed by atoms with Crippen molar-refractivity contribution in [3.63, 3.8) is 0 Å². The second kappa shape index (κ2) is 3.51. The fourth-order valence-electron chi connectivity index (χ4n) is 1.25. The van der Waals surface area contributed by atoms with Crippen LogP contribution in [0.5, 0.6) is 0 Å². The van der Waals surface area contributed by atoms with Gasteiger partial charge >= 0.3 is 0 Å². The Kier molecular flexibility index (Phi) is 2.63. The van der Waals surface area contributed by atoms with Crippen molar-refractivity contribution in [1.29, 1.82) is 0 Å². The molecule has 0 saturated heterocycles. The lowest BCUT2D eigenvalue weighted by atomic mass is 10.3. The zero-order valence-corrected chi connectivity index (χ0v) is 7.46. The number of hydrogen-bond acceptors (Lipinski definition) is 2. The molecular weight excluding hydrogens is 138 g/mol. The van der Waals surface area contributed by atoms with Gasteiger partial charge in [0.15, 0.2) is 0 Å². The summed E-state index contributed by atoms with van der Waals surface area (Å²) in [5, 5.41) is 8.06. The molecule has 0 N–H and O–H groups in total. The number of rotatable bonds is 3. The monoisotopic (exact) mass is 153 g/mol. The molecule has 0 spiro atoms. The maximum Gasteiger partial charge on any atom is 0.0828 e. The van der Waals surface area contributed by atoms with Crippen LogP contribution in [0.3, 0.4) is 0 Å². The Hall–Kier alpha value is -0.860. The number of aromatic nitrogens is 3. The largest absolute Gasteiger partial charge is 0.249 e. The zero-order valence-electron chi connectivity index (χ0n) is 7.46. The minimum Gasteiger partial charge on any atom is -0.249 e. The molecule has 11 heavy (non-hydrogen) atoms. The highest BCUT2D eigenvalue weighted by atomic mass is 15.4. The number of hydrogen-bond donors (Lipinski definition) is 0. The van der Waals surface area contributed by atoms with Crippen molar-refractivity contribution in [2.75, 3.05) is 0 Å². The lowest BCUT2D eigenvalue weighted by Gasteiger charge is -2.01. The number of aryl methyl sites for hydroxylation is 2. The Morgan fingerprint density at radius 1 is 1.36 bits per heavy atom. The predicted molar refractivity (Wildman–Crippen MR) is 44.4 cm³/mol. The minimum absolute atomic E-state index is 0.990. The Morgan fingerprint density at radius 3 is 2.64 bits per heavy atom. The van der Waals surface area contributed by atoms with Crippen LogP contribution in [0.2, 0.25) is 0 Å². The van der Waals surface area contributed by atoms with Crippen LogP contribution in [0.25, 0.3) is 0 Å². The Morgan fingerprint density at radius 2 is 2.09 bits per heavy atom. The maximum atomic E-state index is 4.04. The van der Waals surface area contributed by atoms with Gasteiger partial charge in [-0.25, -0.2) is 4.68 Å². The van der Waals surface area contributed by atoms with Crippen LogP contribution in [-0.2, 0) is 13.0 Å². The smallest absolute Gasteiger partial charge is 0.0828 e. The molecule has 1 heterocycles. The molecule has 1 rings (SSSR count). The van der Waals surface area contributed by atoms with E-state index in [0.717, 1.165) is 25.1 Å². The summed E-state index contributed by atoms with van der Waals surface area (Å²) in [5.41, 5.74) is 2.34. The summed E-state index contributed by atoms with van der Waals surface area (Å²) in [6.07, 6.45) is 2.15. The van der Waals surface area contributed by atoms with Crippen molar-refractivity contribution in [3.8, 4) is 0 Å². The first kappa shape index (κ1) is 8.24. The van der Waals surface area contributed by atoms with Gasteiger partial charge < -0.3 is 0 Å². The molecule has 0 saturated carbocycles. The molecule has 3 heteroatoms. The molecule has 0 unspecified atom stereocenters. The van der Waals surface area contributed by atoms with Crippen molar-refractivity contribution in [1.82, 2.24) is 15.0 Å². The van der Waals surface area contributed by atoms with Crippen LogP contribution in [0.15, 0.2) is 0 Å². The topological polar surface area (TPSA) is 30.7 Å². The van der Waals surface area contributed by atoms with Gasteiger partial charge in [0.25, 0.3) is 0 Å². The van der Waals surface area contributed by atoms with E-state index in [4.69, 9.17) is 0 Å². The molecule has 0 aromatic carbocycles. The lowest BCUT2D eigenvalue weighted by molar-refractivity contribution is 0.558. The summed E-state index contributed by atoms with van der Waals surface area (Å²) in [6, 6.07) is 0. The van der Waals surface area contributed by atoms with Crippen molar-refractivity contribution in [2.45, 2.75) is 40.2 Å². The van der Waals surface area contributed by atoms with Crippen LogP contribution in [0.4, 0.5) is 0 Å². The lowest BCUT2D eigenvalue weighted by Crippen LogP contribution is -2.03. The zero-order chi connectivity index (χ0) is 8.27. The molecule has 0 fully saturated rings. The van der Waals surface area contributed by atoms with Gasteiger partial charge in [-0.1, -0.05) is 19.1 Å². The summed E-state index contributed by atoms with van der Waals surface area (Å²) in [6.45, 7) is 7.29. The highest BCUT2D eigenvalue weighted by Gasteiger charge is 2.04. The molecule has 1 aromatic heterocycles. The van der Waals surface area contributed by atoms with Crippen LogP contribution >= 0.6 is 0 Å². The van der Waals surface area contributed by atoms with E-state index in [2.05, 4.69) is 24.2 Å². The molecule has 3 nitrogen and oxygen atoms in total. The van der Waals surface area contributed by atoms with E-state index in [-0.39, 0.29) is 0 Å². The van der Waals surface area contributed by atoms with E-state index in [0.29, 0.717) is 0 Å². The van der Waals surface area contributed by atoms with Crippen molar-refractivity contribution >= 4 is 0 Å². The molecule has 0 radical (unpaired) electrons. The third kappa shape index (κ3) is 1.59. The quantitative estimate of drug-likeness (QED) is 0.659. The van der Waals surface area contributed by atoms with Crippen LogP contribution < -0.4 is 0 Å². The van der Waals surface area contributed by atoms with E-state index in [1.54, 1.807) is 0 Å². The van der Waals surface area contributed by atoms with Gasteiger partial charge in [0.2, 0.25) is 0 Å². The highest BCUT2D eigenvalue weighted by molar-refractivity contribution is 5.07. The maximum absolute atomic E-state index is 4.04. The number of nitrogens with zero attached hydrogens (tertiary/aromatic N) is 3. The van der Waals surface area contributed by atoms with Gasteiger partial charge in [0.1, 0.15) is 0 Å². The Bertz CT molecular complexity index is 227. The normalized spacial score (nSPS) is 10.5. The standard InChI is InChI=1S/C8H15N3/c1-4-6-11-8(5-2)7(3)9-10-11/h4-6H2,1-3H3. The van der Waals surface area contributed by atoms with Crippen molar-refractivity contribution < 1.29 is 0 Å². The van der Waals surface area contributed by atoms with E-state index in [1.165, 1.54) is 5.69 Å². The van der Waals surface area contributed by atoms with Crippen molar-refractivity contribution in [3.05, 3.63) is 11.4 Å². The molecule has 0 bridgehead atoms. The van der Waals surface area contributed by atoms with Gasteiger partial charge in [-0.3, -0.25) is 0 Å². The average molecular weight is 153 g/mol. The minimum atomic E-state index is 0.990. The summed E-state index contributed by atoms with van der Waals surface area (Å²) < 4.78 is 2.00. The summed E-state index contributed by atoms with van der Waals surface area (Å²) in [4.78, 5) is 0. The first-order valence-electron chi connectivity index (χ1n) is 4.18. The highest BCUT2D eigenvalue weighted by Crippen LogP contribution is 2.04. The fourth-order valence-corrected chi connectivity index (χ4v) is 1.25. The second-order valence-electron chi connectivity index (χ2n) is 2.70. The molecular formula is C8H15N3. The van der Waals surface area contributed by atoms with E-state index in [9.17, 15) is 0 Å². The second-order valence-corrected chi connectivity index (χ2v) is 2.70. The summed E-state index contributed by atoms with van der Waals surface area (Å²) in [5.74, 6) is 0. The van der Waals surface area contributed by atoms with E-state index >= 15 is 0 Å². The average Bonchev–Trinajstić information content (AvgIpc) is 2.33. The molecule has 0 atom stereocenters. The van der Waals surface area contributed by atoms with Crippen molar-refractivity contribution in [2.24, 2.45) is 0 Å². The molecule has 1 aromatic rings. The molecule has 62 valence electrons. The molecule has 0 aliphatic rings. The predicted octanol–water partition coefficient (Wildman–Crippen LogP) is 1.56. The molecule has 0 aliphatic heterocycles. The van der Waals surface area contributed by atoms with Gasteiger partial charge in [-0.2, -0.15) is 0 Å². The SMILES string of the molecule is CCCn1nnc(C)c1CC.